The highest BCUT2D eigenvalue weighted by Crippen LogP contribution is 2.22. The van der Waals surface area contributed by atoms with Gasteiger partial charge in [-0.05, 0) is 0 Å². The number of imidazole rings is 1. The zero-order chi connectivity index (χ0) is 7.68. The van der Waals surface area contributed by atoms with E-state index in [1.807, 2.05) is 31.2 Å². The Balaban J connectivity index is 1.99. The number of nitrogens with one attached hydrogen (secondary N) is 1. The number of thioether (sulfide) groups is 1. The fraction of sp³-hybridized carbons (Fsp3) is 0.571. The van der Waals surface area contributed by atoms with Crippen molar-refractivity contribution in [2.24, 2.45) is 7.05 Å². The summed E-state index contributed by atoms with van der Waals surface area (Å²) in [4.78, 5) is 4.24. The summed E-state index contributed by atoms with van der Waals surface area (Å²) in [5.41, 5.74) is 0. The highest BCUT2D eigenvalue weighted by atomic mass is 32.2. The Morgan fingerprint density at radius 1 is 1.73 bits per heavy atom. The van der Waals surface area contributed by atoms with Crippen LogP contribution in [0.5, 0.6) is 0 Å². The lowest BCUT2D eigenvalue weighted by Gasteiger charge is -2.25. The Morgan fingerprint density at radius 3 is 3.00 bits per heavy atom. The van der Waals surface area contributed by atoms with Gasteiger partial charge < -0.3 is 9.88 Å². The molecule has 0 radical (unpaired) electrons. The molecule has 4 heteroatoms. The van der Waals surface area contributed by atoms with Gasteiger partial charge >= 0.3 is 0 Å². The van der Waals surface area contributed by atoms with E-state index in [1.54, 1.807) is 0 Å². The van der Waals surface area contributed by atoms with Crippen LogP contribution in [0, 0.1) is 0 Å². The smallest absolute Gasteiger partial charge is 0.168 e. The van der Waals surface area contributed by atoms with Crippen molar-refractivity contribution in [1.82, 2.24) is 14.9 Å². The summed E-state index contributed by atoms with van der Waals surface area (Å²) in [6.45, 7) is 2.25. The quantitative estimate of drug-likeness (QED) is 0.698. The summed E-state index contributed by atoms with van der Waals surface area (Å²) in [6.07, 6.45) is 3.82. The molecule has 3 nitrogen and oxygen atoms in total. The molecular formula is C7H11N3S. The van der Waals surface area contributed by atoms with Crippen molar-refractivity contribution in [3.63, 3.8) is 0 Å². The van der Waals surface area contributed by atoms with Crippen LogP contribution in [0.2, 0.25) is 0 Å². The first-order valence-corrected chi connectivity index (χ1v) is 4.59. The van der Waals surface area contributed by atoms with Gasteiger partial charge in [-0.25, -0.2) is 4.98 Å². The summed E-state index contributed by atoms with van der Waals surface area (Å²) in [5, 5.41) is 5.09. The third-order valence-electron chi connectivity index (χ3n) is 1.79. The minimum Gasteiger partial charge on any atom is -0.329 e. The average Bonchev–Trinajstić information content (AvgIpc) is 2.27. The van der Waals surface area contributed by atoms with Crippen molar-refractivity contribution in [2.45, 2.75) is 10.4 Å². The lowest BCUT2D eigenvalue weighted by molar-refractivity contribution is 0.541. The Morgan fingerprint density at radius 2 is 2.55 bits per heavy atom. The molecule has 0 aliphatic carbocycles. The molecule has 0 saturated carbocycles. The van der Waals surface area contributed by atoms with Crippen LogP contribution in [-0.2, 0) is 7.05 Å². The van der Waals surface area contributed by atoms with Crippen LogP contribution < -0.4 is 5.32 Å². The molecule has 1 aliphatic rings. The molecule has 0 amide bonds. The average molecular weight is 169 g/mol. The van der Waals surface area contributed by atoms with E-state index in [0.717, 1.165) is 23.5 Å². The van der Waals surface area contributed by atoms with Crippen molar-refractivity contribution < 1.29 is 0 Å². The summed E-state index contributed by atoms with van der Waals surface area (Å²) in [5.74, 6) is 0. The van der Waals surface area contributed by atoms with E-state index >= 15 is 0 Å². The number of hydrogen-bond acceptors (Lipinski definition) is 3. The summed E-state index contributed by atoms with van der Waals surface area (Å²) in [6, 6.07) is 0. The molecule has 60 valence electrons. The Bertz CT molecular complexity index is 242. The highest BCUT2D eigenvalue weighted by molar-refractivity contribution is 7.99. The lowest BCUT2D eigenvalue weighted by Crippen LogP contribution is -2.44. The van der Waals surface area contributed by atoms with Crippen LogP contribution in [0.4, 0.5) is 0 Å². The van der Waals surface area contributed by atoms with Gasteiger partial charge in [-0.15, -0.1) is 0 Å². The SMILES string of the molecule is Cn1ccnc1SC1CNC1. The van der Waals surface area contributed by atoms with E-state index in [1.165, 1.54) is 0 Å². The monoisotopic (exact) mass is 169 g/mol. The normalized spacial score (nSPS) is 18.3. The highest BCUT2D eigenvalue weighted by Gasteiger charge is 2.19. The van der Waals surface area contributed by atoms with Gasteiger partial charge in [0.15, 0.2) is 5.16 Å². The molecule has 0 unspecified atom stereocenters. The molecule has 0 bridgehead atoms. The van der Waals surface area contributed by atoms with Crippen molar-refractivity contribution in [2.75, 3.05) is 13.1 Å². The maximum Gasteiger partial charge on any atom is 0.168 e. The van der Waals surface area contributed by atoms with E-state index in [-0.39, 0.29) is 0 Å². The van der Waals surface area contributed by atoms with Crippen LogP contribution in [0.3, 0.4) is 0 Å². The Labute approximate surface area is 70.2 Å². The molecule has 1 aliphatic heterocycles. The van der Waals surface area contributed by atoms with Crippen molar-refractivity contribution in [3.05, 3.63) is 12.4 Å². The number of aromatic nitrogens is 2. The second-order valence-electron chi connectivity index (χ2n) is 2.72. The first kappa shape index (κ1) is 7.18. The topological polar surface area (TPSA) is 29.9 Å². The molecule has 2 rings (SSSR count). The van der Waals surface area contributed by atoms with Gasteiger partial charge in [0.05, 0.1) is 0 Å². The van der Waals surface area contributed by atoms with E-state index in [9.17, 15) is 0 Å². The molecule has 0 aromatic carbocycles. The second kappa shape index (κ2) is 2.87. The zero-order valence-corrected chi connectivity index (χ0v) is 7.27. The predicted octanol–water partition coefficient (Wildman–Crippen LogP) is 0.484. The van der Waals surface area contributed by atoms with Gasteiger partial charge in [-0.1, -0.05) is 11.8 Å². The van der Waals surface area contributed by atoms with Gasteiger partial charge in [0.25, 0.3) is 0 Å². The first-order chi connectivity index (χ1) is 5.36. The second-order valence-corrected chi connectivity index (χ2v) is 3.99. The fourth-order valence-corrected chi connectivity index (χ4v) is 2.01. The van der Waals surface area contributed by atoms with Crippen molar-refractivity contribution in [3.8, 4) is 0 Å². The van der Waals surface area contributed by atoms with Crippen molar-refractivity contribution in [1.29, 1.82) is 0 Å². The van der Waals surface area contributed by atoms with Crippen LogP contribution in [0.1, 0.15) is 0 Å². The fourth-order valence-electron chi connectivity index (χ4n) is 0.960. The Hall–Kier alpha value is -0.480. The molecule has 1 N–H and O–H groups in total. The predicted molar refractivity (Wildman–Crippen MR) is 45.7 cm³/mol. The lowest BCUT2D eigenvalue weighted by atomic mass is 10.3. The summed E-state index contributed by atoms with van der Waals surface area (Å²) < 4.78 is 2.06. The maximum absolute atomic E-state index is 4.24. The van der Waals surface area contributed by atoms with Gasteiger partial charge in [-0.3, -0.25) is 0 Å². The van der Waals surface area contributed by atoms with Gasteiger partial charge in [0, 0.05) is 37.8 Å². The molecule has 0 spiro atoms. The van der Waals surface area contributed by atoms with E-state index in [2.05, 4.69) is 14.9 Å². The minimum absolute atomic E-state index is 0.732. The first-order valence-electron chi connectivity index (χ1n) is 3.71. The van der Waals surface area contributed by atoms with Crippen LogP contribution in [-0.4, -0.2) is 27.9 Å². The number of rotatable bonds is 2. The molecule has 2 heterocycles. The number of hydrogen-bond donors (Lipinski definition) is 1. The van der Waals surface area contributed by atoms with E-state index < -0.39 is 0 Å². The molecule has 1 saturated heterocycles. The third kappa shape index (κ3) is 1.41. The zero-order valence-electron chi connectivity index (χ0n) is 6.45. The van der Waals surface area contributed by atoms with Gasteiger partial charge in [-0.2, -0.15) is 0 Å². The molecule has 11 heavy (non-hydrogen) atoms. The molecule has 0 atom stereocenters. The Kier molecular flexibility index (Phi) is 1.87. The molecule has 1 aromatic rings. The largest absolute Gasteiger partial charge is 0.329 e. The summed E-state index contributed by atoms with van der Waals surface area (Å²) in [7, 11) is 2.03. The van der Waals surface area contributed by atoms with Crippen LogP contribution in [0.15, 0.2) is 17.6 Å². The van der Waals surface area contributed by atoms with Gasteiger partial charge in [0.1, 0.15) is 0 Å². The van der Waals surface area contributed by atoms with Gasteiger partial charge in [0.2, 0.25) is 0 Å². The number of nitrogens with zero attached hydrogens (tertiary/aromatic N) is 2. The minimum atomic E-state index is 0.732. The molecule has 1 fully saturated rings. The van der Waals surface area contributed by atoms with Crippen molar-refractivity contribution >= 4 is 11.8 Å². The molecule has 1 aromatic heterocycles. The van der Waals surface area contributed by atoms with E-state index in [4.69, 9.17) is 0 Å². The third-order valence-corrected chi connectivity index (χ3v) is 3.06. The van der Waals surface area contributed by atoms with E-state index in [0.29, 0.717) is 0 Å². The summed E-state index contributed by atoms with van der Waals surface area (Å²) >= 11 is 1.85. The molecular weight excluding hydrogens is 158 g/mol. The van der Waals surface area contributed by atoms with Crippen LogP contribution in [0.25, 0.3) is 0 Å². The van der Waals surface area contributed by atoms with Crippen LogP contribution >= 0.6 is 11.8 Å². The maximum atomic E-state index is 4.24. The standard InChI is InChI=1S/C7H11N3S/c1-10-3-2-9-7(10)11-6-4-8-5-6/h2-3,6,8H,4-5H2,1H3. The number of aryl methyl sites for hydroxylation is 1.